The van der Waals surface area contributed by atoms with Gasteiger partial charge in [-0.25, -0.2) is 0 Å². The van der Waals surface area contributed by atoms with Gasteiger partial charge in [-0.3, -0.25) is 4.90 Å². The molecule has 36 heavy (non-hydrogen) atoms. The molecule has 1 atom stereocenters. The van der Waals surface area contributed by atoms with Crippen molar-refractivity contribution in [2.24, 2.45) is 0 Å². The summed E-state index contributed by atoms with van der Waals surface area (Å²) >= 11 is 0. The monoisotopic (exact) mass is 484 g/mol. The Balaban J connectivity index is 1.32. The molecule has 1 aliphatic heterocycles. The van der Waals surface area contributed by atoms with Crippen molar-refractivity contribution in [3.8, 4) is 0 Å². The maximum Gasteiger partial charge on any atom is 0.0896 e. The molecule has 2 aliphatic carbocycles. The Labute approximate surface area is 217 Å². The fourth-order valence-electron chi connectivity index (χ4n) is 7.46. The molecule has 3 nitrogen and oxygen atoms in total. The number of nitrogens with zero attached hydrogens (tertiary/aromatic N) is 2. The van der Waals surface area contributed by atoms with Crippen LogP contribution in [0.15, 0.2) is 48.5 Å². The van der Waals surface area contributed by atoms with Crippen LogP contribution in [0.5, 0.6) is 0 Å². The highest BCUT2D eigenvalue weighted by molar-refractivity contribution is 5.87. The van der Waals surface area contributed by atoms with Gasteiger partial charge in [-0.1, -0.05) is 94.2 Å². The lowest BCUT2D eigenvalue weighted by molar-refractivity contribution is 0.0131. The second-order valence-corrected chi connectivity index (χ2v) is 11.8. The van der Waals surface area contributed by atoms with Gasteiger partial charge in [0, 0.05) is 36.2 Å². The van der Waals surface area contributed by atoms with E-state index in [4.69, 9.17) is 0 Å². The first-order valence-electron chi connectivity index (χ1n) is 14.9. The summed E-state index contributed by atoms with van der Waals surface area (Å²) in [7, 11) is 0. The van der Waals surface area contributed by atoms with E-state index in [1.54, 1.807) is 11.3 Å². The van der Waals surface area contributed by atoms with Crippen LogP contribution in [0.4, 0.5) is 0 Å². The highest BCUT2D eigenvalue weighted by atomic mass is 16.3. The van der Waals surface area contributed by atoms with E-state index in [0.29, 0.717) is 6.04 Å². The molecule has 3 aliphatic rings. The number of benzene rings is 2. The molecule has 0 radical (unpaired) electrons. The largest absolute Gasteiger partial charge is 0.385 e. The molecule has 192 valence electrons. The fourth-order valence-corrected chi connectivity index (χ4v) is 7.46. The molecule has 1 fully saturated rings. The molecule has 1 aromatic heterocycles. The van der Waals surface area contributed by atoms with Crippen molar-refractivity contribution in [3.05, 3.63) is 70.9 Å². The molecule has 3 heteroatoms. The van der Waals surface area contributed by atoms with E-state index in [0.717, 1.165) is 45.3 Å². The highest BCUT2D eigenvalue weighted by Crippen LogP contribution is 2.44. The van der Waals surface area contributed by atoms with Crippen LogP contribution in [-0.4, -0.2) is 21.1 Å². The molecule has 0 unspecified atom stereocenters. The van der Waals surface area contributed by atoms with Crippen LogP contribution < -0.4 is 0 Å². The van der Waals surface area contributed by atoms with Crippen LogP contribution in [0.25, 0.3) is 10.9 Å². The Hall–Kier alpha value is -2.10. The summed E-state index contributed by atoms with van der Waals surface area (Å²) < 4.78 is 2.63. The Morgan fingerprint density at radius 1 is 0.778 bits per heavy atom. The molecular weight excluding hydrogens is 440 g/mol. The second-order valence-electron chi connectivity index (χ2n) is 11.8. The highest BCUT2D eigenvalue weighted by Gasteiger charge is 2.36. The summed E-state index contributed by atoms with van der Waals surface area (Å²) in [6, 6.07) is 18.5. The molecule has 0 saturated heterocycles. The van der Waals surface area contributed by atoms with Crippen molar-refractivity contribution >= 4 is 10.9 Å². The van der Waals surface area contributed by atoms with E-state index in [-0.39, 0.29) is 0 Å². The quantitative estimate of drug-likeness (QED) is 0.408. The van der Waals surface area contributed by atoms with Gasteiger partial charge in [0.15, 0.2) is 0 Å². The van der Waals surface area contributed by atoms with Crippen LogP contribution in [0.2, 0.25) is 0 Å². The average Bonchev–Trinajstić information content (AvgIpc) is 3.23. The van der Waals surface area contributed by atoms with Gasteiger partial charge in [0.1, 0.15) is 0 Å². The molecule has 0 spiro atoms. The third kappa shape index (κ3) is 4.77. The van der Waals surface area contributed by atoms with Crippen molar-refractivity contribution in [1.82, 2.24) is 9.47 Å². The van der Waals surface area contributed by atoms with E-state index in [1.807, 2.05) is 0 Å². The molecule has 0 bridgehead atoms. The zero-order valence-electron chi connectivity index (χ0n) is 22.1. The summed E-state index contributed by atoms with van der Waals surface area (Å²) in [5.41, 5.74) is 6.46. The van der Waals surface area contributed by atoms with Gasteiger partial charge >= 0.3 is 0 Å². The molecular formula is C33H44N2O. The molecule has 3 aromatic rings. The van der Waals surface area contributed by atoms with Crippen LogP contribution in [0.3, 0.4) is 0 Å². The van der Waals surface area contributed by atoms with Gasteiger partial charge in [-0.05, 0) is 60.9 Å². The van der Waals surface area contributed by atoms with Gasteiger partial charge in [0.25, 0.3) is 0 Å². The Morgan fingerprint density at radius 3 is 2.19 bits per heavy atom. The summed E-state index contributed by atoms with van der Waals surface area (Å²) in [5.74, 6) is 0. The smallest absolute Gasteiger partial charge is 0.0896 e. The Kier molecular flexibility index (Phi) is 7.22. The first-order chi connectivity index (χ1) is 17.7. The lowest BCUT2D eigenvalue weighted by atomic mass is 9.82. The minimum atomic E-state index is -0.671. The number of aliphatic hydroxyl groups is 1. The molecule has 0 amide bonds. The van der Waals surface area contributed by atoms with Crippen molar-refractivity contribution < 1.29 is 5.11 Å². The van der Waals surface area contributed by atoms with Gasteiger partial charge in [-0.15, -0.1) is 0 Å². The van der Waals surface area contributed by atoms with E-state index < -0.39 is 5.60 Å². The van der Waals surface area contributed by atoms with Crippen LogP contribution in [0, 0.1) is 0 Å². The number of hydrogen-bond donors (Lipinski definition) is 1. The van der Waals surface area contributed by atoms with Crippen LogP contribution in [0.1, 0.15) is 112 Å². The van der Waals surface area contributed by atoms with Crippen molar-refractivity contribution in [1.29, 1.82) is 0 Å². The summed E-state index contributed by atoms with van der Waals surface area (Å²) in [6.07, 6.45) is 17.1. The third-order valence-electron chi connectivity index (χ3n) is 9.43. The molecule has 2 heterocycles. The zero-order chi connectivity index (χ0) is 24.4. The Bertz CT molecular complexity index is 1150. The number of hydrogen-bond acceptors (Lipinski definition) is 2. The topological polar surface area (TPSA) is 28.4 Å². The predicted octanol–water partition coefficient (Wildman–Crippen LogP) is 8.03. The standard InChI is InChI=1S/C33H44N2O/c36-33(20-11-6-4-2-1-3-5-7-12-21-33)27-18-19-30-29(24-27)28-16-13-17-31-32(28)35(30)23-22-34(31)25-26-14-9-8-10-15-26/h8-10,14-15,18-19,24,31,36H,1-7,11-13,16-17,20-23,25H2/t31-/m0/s1. The van der Waals surface area contributed by atoms with Gasteiger partial charge in [-0.2, -0.15) is 0 Å². The minimum Gasteiger partial charge on any atom is -0.385 e. The maximum atomic E-state index is 12.0. The van der Waals surface area contributed by atoms with E-state index in [1.165, 1.54) is 86.2 Å². The first kappa shape index (κ1) is 24.2. The average molecular weight is 485 g/mol. The van der Waals surface area contributed by atoms with Crippen LogP contribution in [-0.2, 0) is 25.1 Å². The SMILES string of the molecule is OC1(c2ccc3c(c2)c2c4n3CCN(Cc3ccccc3)[C@H]4CCC2)CCCCCCCCCCC1. The fraction of sp³-hybridized carbons (Fsp3) is 0.576. The summed E-state index contributed by atoms with van der Waals surface area (Å²) in [5, 5.41) is 13.4. The van der Waals surface area contributed by atoms with E-state index in [2.05, 4.69) is 58.0 Å². The minimum absolute atomic E-state index is 0.517. The van der Waals surface area contributed by atoms with Gasteiger partial charge in [0.2, 0.25) is 0 Å². The number of aromatic nitrogens is 1. The zero-order valence-corrected chi connectivity index (χ0v) is 22.1. The summed E-state index contributed by atoms with van der Waals surface area (Å²) in [4.78, 5) is 2.72. The van der Waals surface area contributed by atoms with Crippen molar-refractivity contribution in [2.75, 3.05) is 6.54 Å². The van der Waals surface area contributed by atoms with Gasteiger partial charge in [0.05, 0.1) is 11.6 Å². The second kappa shape index (κ2) is 10.7. The number of fused-ring (bicyclic) bond motifs is 3. The number of aryl methyl sites for hydroxylation is 1. The predicted molar refractivity (Wildman–Crippen MR) is 149 cm³/mol. The maximum absolute atomic E-state index is 12.0. The normalized spacial score (nSPS) is 23.5. The Morgan fingerprint density at radius 2 is 1.47 bits per heavy atom. The number of rotatable bonds is 3. The van der Waals surface area contributed by atoms with E-state index in [9.17, 15) is 5.11 Å². The van der Waals surface area contributed by atoms with Crippen molar-refractivity contribution in [2.45, 2.75) is 115 Å². The molecule has 2 aromatic carbocycles. The molecule has 6 rings (SSSR count). The summed E-state index contributed by atoms with van der Waals surface area (Å²) in [6.45, 7) is 3.22. The molecule has 1 saturated carbocycles. The third-order valence-corrected chi connectivity index (χ3v) is 9.43. The lowest BCUT2D eigenvalue weighted by Crippen LogP contribution is -2.39. The van der Waals surface area contributed by atoms with Crippen LogP contribution >= 0.6 is 0 Å². The van der Waals surface area contributed by atoms with E-state index >= 15 is 0 Å². The molecule has 1 N–H and O–H groups in total. The first-order valence-corrected chi connectivity index (χ1v) is 14.9. The van der Waals surface area contributed by atoms with Crippen molar-refractivity contribution in [3.63, 3.8) is 0 Å². The van der Waals surface area contributed by atoms with Gasteiger partial charge < -0.3 is 9.67 Å². The lowest BCUT2D eigenvalue weighted by Gasteiger charge is -2.40.